The van der Waals surface area contributed by atoms with Gasteiger partial charge in [-0.3, -0.25) is 14.6 Å². The van der Waals surface area contributed by atoms with Crippen molar-refractivity contribution in [1.29, 1.82) is 5.41 Å². The number of amides is 1. The number of hydrogen-bond acceptors (Lipinski definition) is 5. The van der Waals surface area contributed by atoms with Crippen LogP contribution in [0, 0.1) is 11.3 Å². The topological polar surface area (TPSA) is 85.6 Å². The predicted molar refractivity (Wildman–Crippen MR) is 158 cm³/mol. The van der Waals surface area contributed by atoms with Crippen molar-refractivity contribution >= 4 is 64.4 Å². The van der Waals surface area contributed by atoms with Crippen molar-refractivity contribution in [2.75, 3.05) is 23.3 Å². The van der Waals surface area contributed by atoms with Gasteiger partial charge in [-0.25, -0.2) is 0 Å². The van der Waals surface area contributed by atoms with E-state index >= 15 is 0 Å². The third-order valence-electron chi connectivity index (χ3n) is 6.70. The molecule has 1 aliphatic heterocycles. The first-order chi connectivity index (χ1) is 19.6. The Morgan fingerprint density at radius 3 is 2.49 bits per heavy atom. The Kier molecular flexibility index (Phi) is 9.83. The zero-order valence-corrected chi connectivity index (χ0v) is 23.4. The summed E-state index contributed by atoms with van der Waals surface area (Å²) in [5.41, 5.74) is 1.18. The molecule has 2 N–H and O–H groups in total. The molecule has 1 saturated heterocycles. The van der Waals surface area contributed by atoms with E-state index in [9.17, 15) is 22.8 Å². The number of carbonyl (C=O) groups excluding carboxylic acids is 2. The van der Waals surface area contributed by atoms with Crippen molar-refractivity contribution in [3.63, 3.8) is 0 Å². The first kappa shape index (κ1) is 30.3. The summed E-state index contributed by atoms with van der Waals surface area (Å²) in [5.74, 6) is -1.96. The third kappa shape index (κ3) is 7.54. The van der Waals surface area contributed by atoms with E-state index in [-0.39, 0.29) is 22.8 Å². The van der Waals surface area contributed by atoms with Crippen molar-refractivity contribution in [2.45, 2.75) is 31.3 Å². The Labute approximate surface area is 245 Å². The van der Waals surface area contributed by atoms with Gasteiger partial charge in [-0.1, -0.05) is 23.7 Å². The molecule has 41 heavy (non-hydrogen) atoms. The molecule has 0 aromatic heterocycles. The molecule has 0 aliphatic carbocycles. The maximum atomic E-state index is 13.7. The second kappa shape index (κ2) is 13.3. The minimum atomic E-state index is -4.68. The second-order valence-corrected chi connectivity index (χ2v) is 10.2. The van der Waals surface area contributed by atoms with Crippen LogP contribution in [0.2, 0.25) is 5.02 Å². The lowest BCUT2D eigenvalue weighted by atomic mass is 9.96. The molecule has 6 nitrogen and oxygen atoms in total. The van der Waals surface area contributed by atoms with Crippen LogP contribution >= 0.6 is 23.2 Å². The summed E-state index contributed by atoms with van der Waals surface area (Å²) in [6.07, 6.45) is 0.428. The first-order valence-electron chi connectivity index (χ1n) is 12.9. The molecule has 11 heteroatoms. The smallest absolute Gasteiger partial charge is 0.372 e. The van der Waals surface area contributed by atoms with Gasteiger partial charge in [0.15, 0.2) is 5.78 Å². The largest absolute Gasteiger partial charge is 0.417 e. The number of benzene rings is 3. The molecular weight excluding hydrogens is 576 g/mol. The van der Waals surface area contributed by atoms with E-state index in [0.29, 0.717) is 5.56 Å². The average Bonchev–Trinajstić information content (AvgIpc) is 2.98. The molecule has 1 unspecified atom stereocenters. The van der Waals surface area contributed by atoms with Gasteiger partial charge in [0.1, 0.15) is 0 Å². The lowest BCUT2D eigenvalue weighted by molar-refractivity contribution is -0.137. The standard InChI is InChI=1S/C30H27Cl2F3N4O2/c31-16-19-5-4-6-20(13-19)29(41)38-27-10-8-23(39-11-2-1-3-12-39)15-24(27)28(40)21(17-36)18-37-22-7-9-26(32)25(14-22)30(33,34)35/h4-10,13-15,17-18,21,36H,1-3,11-12,16H2,(H,38,41). The molecule has 0 radical (unpaired) electrons. The van der Waals surface area contributed by atoms with E-state index in [0.717, 1.165) is 68.2 Å². The minimum absolute atomic E-state index is 0.0730. The quantitative estimate of drug-likeness (QED) is 0.147. The van der Waals surface area contributed by atoms with E-state index in [2.05, 4.69) is 15.2 Å². The van der Waals surface area contributed by atoms with E-state index < -0.39 is 34.4 Å². The summed E-state index contributed by atoms with van der Waals surface area (Å²) in [7, 11) is 0. The van der Waals surface area contributed by atoms with Crippen LogP contribution in [-0.4, -0.2) is 37.2 Å². The lowest BCUT2D eigenvalue weighted by Crippen LogP contribution is -2.30. The highest BCUT2D eigenvalue weighted by Crippen LogP contribution is 2.37. The molecule has 1 fully saturated rings. The molecule has 1 heterocycles. The van der Waals surface area contributed by atoms with Crippen molar-refractivity contribution in [3.8, 4) is 0 Å². The number of alkyl halides is 4. The van der Waals surface area contributed by atoms with Gasteiger partial charge >= 0.3 is 6.18 Å². The fourth-order valence-corrected chi connectivity index (χ4v) is 4.92. The van der Waals surface area contributed by atoms with Crippen molar-refractivity contribution < 1.29 is 22.8 Å². The third-order valence-corrected chi connectivity index (χ3v) is 7.34. The number of hydrogen-bond donors (Lipinski definition) is 2. The summed E-state index contributed by atoms with van der Waals surface area (Å²) >= 11 is 11.6. The minimum Gasteiger partial charge on any atom is -0.372 e. The van der Waals surface area contributed by atoms with Crippen LogP contribution in [0.5, 0.6) is 0 Å². The summed E-state index contributed by atoms with van der Waals surface area (Å²) in [6.45, 7) is 1.64. The van der Waals surface area contributed by atoms with Gasteiger partial charge in [-0.2, -0.15) is 13.2 Å². The van der Waals surface area contributed by atoms with Crippen molar-refractivity contribution in [1.82, 2.24) is 0 Å². The molecule has 214 valence electrons. The number of rotatable bonds is 9. The molecule has 1 amide bonds. The molecule has 1 aliphatic rings. The Hall–Kier alpha value is -3.69. The summed E-state index contributed by atoms with van der Waals surface area (Å²) < 4.78 is 39.8. The number of halogens is 5. The Balaban J connectivity index is 1.67. The molecule has 1 atom stereocenters. The second-order valence-electron chi connectivity index (χ2n) is 9.56. The number of ketones is 1. The monoisotopic (exact) mass is 602 g/mol. The molecule has 3 aromatic rings. The normalized spacial score (nSPS) is 14.6. The van der Waals surface area contributed by atoms with Gasteiger partial charge < -0.3 is 15.6 Å². The van der Waals surface area contributed by atoms with Crippen LogP contribution in [0.4, 0.5) is 30.2 Å². The number of nitrogens with zero attached hydrogens (tertiary/aromatic N) is 2. The summed E-state index contributed by atoms with van der Waals surface area (Å²) in [4.78, 5) is 33.0. The highest BCUT2D eigenvalue weighted by molar-refractivity contribution is 6.31. The van der Waals surface area contributed by atoms with Crippen LogP contribution in [0.25, 0.3) is 0 Å². The van der Waals surface area contributed by atoms with Gasteiger partial charge in [0, 0.05) is 48.2 Å². The Bertz CT molecular complexity index is 1470. The number of nitrogens with one attached hydrogen (secondary N) is 2. The van der Waals surface area contributed by atoms with Gasteiger partial charge in [0.05, 0.1) is 27.9 Å². The Morgan fingerprint density at radius 2 is 1.80 bits per heavy atom. The predicted octanol–water partition coefficient (Wildman–Crippen LogP) is 8.19. The van der Waals surface area contributed by atoms with Gasteiger partial charge in [-0.15, -0.1) is 11.6 Å². The molecule has 0 saturated carbocycles. The van der Waals surface area contributed by atoms with Crippen LogP contribution in [0.1, 0.15) is 51.1 Å². The zero-order chi connectivity index (χ0) is 29.6. The number of Topliss-reactive ketones (excluding diaryl/α,β-unsaturated/α-hetero) is 1. The fourth-order valence-electron chi connectivity index (χ4n) is 4.53. The summed E-state index contributed by atoms with van der Waals surface area (Å²) in [5, 5.41) is 10.2. The number of aliphatic imine (C=N–C) groups is 1. The highest BCUT2D eigenvalue weighted by Gasteiger charge is 2.33. The molecule has 0 bridgehead atoms. The molecular formula is C30H27Cl2F3N4O2. The van der Waals surface area contributed by atoms with Crippen molar-refractivity contribution in [2.24, 2.45) is 10.9 Å². The van der Waals surface area contributed by atoms with Crippen LogP contribution in [0.3, 0.4) is 0 Å². The summed E-state index contributed by atoms with van der Waals surface area (Å²) in [6, 6.07) is 15.1. The van der Waals surface area contributed by atoms with Gasteiger partial charge in [0.25, 0.3) is 5.91 Å². The fraction of sp³-hybridized carbons (Fsp3) is 0.267. The molecule has 0 spiro atoms. The average molecular weight is 603 g/mol. The molecule has 3 aromatic carbocycles. The van der Waals surface area contributed by atoms with Crippen LogP contribution in [0.15, 0.2) is 65.7 Å². The van der Waals surface area contributed by atoms with E-state index in [1.54, 1.807) is 36.4 Å². The first-order valence-corrected chi connectivity index (χ1v) is 13.8. The maximum Gasteiger partial charge on any atom is 0.417 e. The van der Waals surface area contributed by atoms with E-state index in [1.807, 2.05) is 6.07 Å². The van der Waals surface area contributed by atoms with Crippen LogP contribution < -0.4 is 10.2 Å². The number of carbonyl (C=O) groups is 2. The van der Waals surface area contributed by atoms with Crippen LogP contribution in [-0.2, 0) is 12.1 Å². The SMILES string of the molecule is N=CC(C=Nc1ccc(Cl)c(C(F)(F)F)c1)C(=O)c1cc(N2CCCCC2)ccc1NC(=O)c1cccc(CCl)c1. The van der Waals surface area contributed by atoms with E-state index in [4.69, 9.17) is 28.6 Å². The number of anilines is 2. The van der Waals surface area contributed by atoms with E-state index in [1.165, 1.54) is 6.07 Å². The maximum absolute atomic E-state index is 13.7. The highest BCUT2D eigenvalue weighted by atomic mass is 35.5. The molecule has 4 rings (SSSR count). The number of piperidine rings is 1. The van der Waals surface area contributed by atoms with Gasteiger partial charge in [0.2, 0.25) is 0 Å². The van der Waals surface area contributed by atoms with Gasteiger partial charge in [-0.05, 0) is 73.4 Å². The zero-order valence-electron chi connectivity index (χ0n) is 21.8. The Morgan fingerprint density at radius 1 is 1.05 bits per heavy atom. The lowest BCUT2D eigenvalue weighted by Gasteiger charge is -2.29. The van der Waals surface area contributed by atoms with Crippen molar-refractivity contribution in [3.05, 3.63) is 87.9 Å².